The minimum atomic E-state index is -6.33. The average Bonchev–Trinajstić information content (AvgIpc) is 1.84. The van der Waals surface area contributed by atoms with Crippen molar-refractivity contribution < 1.29 is 34.9 Å². The molecule has 0 radical (unpaired) electrons. The van der Waals surface area contributed by atoms with Gasteiger partial charge in [0.05, 0.1) is 0 Å². The number of sulfonamides is 1. The van der Waals surface area contributed by atoms with Crippen LogP contribution in [0.3, 0.4) is 0 Å². The molecule has 0 aromatic carbocycles. The molecule has 1 unspecified atom stereocenters. The van der Waals surface area contributed by atoms with Crippen molar-refractivity contribution in [3.05, 3.63) is 0 Å². The highest BCUT2D eigenvalue weighted by atomic mass is 32.2. The second kappa shape index (κ2) is 3.01. The van der Waals surface area contributed by atoms with Crippen molar-refractivity contribution in [1.29, 1.82) is 0 Å². The Bertz CT molecular complexity index is 279. The molecule has 1 atom stereocenters. The highest BCUT2D eigenvalue weighted by Gasteiger charge is 2.65. The van der Waals surface area contributed by atoms with Gasteiger partial charge in [-0.25, -0.2) is 12.8 Å². The fourth-order valence-corrected chi connectivity index (χ4v) is 0.828. The van der Waals surface area contributed by atoms with E-state index in [0.29, 0.717) is 0 Å². The number of hydrogen-bond acceptors (Lipinski definition) is 2. The summed E-state index contributed by atoms with van der Waals surface area (Å²) in [5.74, 6) is 0. The highest BCUT2D eigenvalue weighted by molar-refractivity contribution is 7.90. The van der Waals surface area contributed by atoms with Crippen LogP contribution < -0.4 is 0 Å². The second-order valence-electron chi connectivity index (χ2n) is 2.09. The van der Waals surface area contributed by atoms with Gasteiger partial charge in [-0.2, -0.15) is 13.2 Å². The summed E-state index contributed by atoms with van der Waals surface area (Å²) in [6.07, 6.45) is -5.91. The Hall–Kier alpha value is -0.510. The number of nitrogens with zero attached hydrogens (tertiary/aromatic N) is 1. The van der Waals surface area contributed by atoms with Gasteiger partial charge in [0.15, 0.2) is 0 Å². The molecule has 0 fully saturated rings. The molecule has 0 aliphatic heterocycles. The van der Waals surface area contributed by atoms with Crippen LogP contribution in [0.5, 0.6) is 0 Å². The van der Waals surface area contributed by atoms with Crippen LogP contribution in [0.2, 0.25) is 0 Å². The lowest BCUT2D eigenvalue weighted by molar-refractivity contribution is -0.198. The van der Waals surface area contributed by atoms with Gasteiger partial charge in [0.25, 0.3) is 0 Å². The van der Waals surface area contributed by atoms with Crippen molar-refractivity contribution in [2.45, 2.75) is 18.1 Å². The van der Waals surface area contributed by atoms with Crippen LogP contribution >= 0.6 is 0 Å². The normalized spacial score (nSPS) is 18.8. The summed E-state index contributed by atoms with van der Waals surface area (Å²) in [6, 6.07) is 0. The smallest absolute Gasteiger partial charge is 0.215 e. The van der Waals surface area contributed by atoms with Crippen LogP contribution in [0.15, 0.2) is 0 Å². The largest absolute Gasteiger partial charge is 0.438 e. The predicted octanol–water partition coefficient (Wildman–Crippen LogP) is 1.64. The van der Waals surface area contributed by atoms with Crippen LogP contribution in [-0.2, 0) is 10.0 Å². The van der Waals surface area contributed by atoms with Crippen molar-refractivity contribution >= 4 is 10.0 Å². The second-order valence-corrected chi connectivity index (χ2v) is 4.08. The maximum absolute atomic E-state index is 12.4. The zero-order chi connectivity index (χ0) is 11.1. The maximum atomic E-state index is 12.4. The Morgan fingerprint density at radius 2 is 1.38 bits per heavy atom. The van der Waals surface area contributed by atoms with Gasteiger partial charge in [-0.05, 0) is 6.92 Å². The maximum Gasteiger partial charge on any atom is 0.438 e. The molecule has 0 aromatic rings. The van der Waals surface area contributed by atoms with Crippen LogP contribution in [0.4, 0.5) is 26.5 Å². The average molecular weight is 231 g/mol. The molecule has 80 valence electrons. The van der Waals surface area contributed by atoms with Crippen molar-refractivity contribution in [3.8, 4) is 0 Å². The van der Waals surface area contributed by atoms with Crippen molar-refractivity contribution in [1.82, 2.24) is 4.75 Å². The molecule has 0 heterocycles. The molecule has 0 N–H and O–H groups in total. The molecule has 0 amide bonds. The SMILES string of the molecule is CC(F)(C(F)(F)F)S(=O)(=O)N(F)F. The Balaban J connectivity index is 5.31. The van der Waals surface area contributed by atoms with E-state index in [1.807, 2.05) is 0 Å². The van der Waals surface area contributed by atoms with Crippen molar-refractivity contribution in [3.63, 3.8) is 0 Å². The highest BCUT2D eigenvalue weighted by Crippen LogP contribution is 2.39. The first kappa shape index (κ1) is 12.5. The molecule has 0 rings (SSSR count). The number of rotatable bonds is 2. The quantitative estimate of drug-likeness (QED) is 0.535. The van der Waals surface area contributed by atoms with E-state index in [4.69, 9.17) is 0 Å². The van der Waals surface area contributed by atoms with Gasteiger partial charge in [0, 0.05) is 0 Å². The van der Waals surface area contributed by atoms with E-state index >= 15 is 0 Å². The lowest BCUT2D eigenvalue weighted by Crippen LogP contribution is -2.48. The summed E-state index contributed by atoms with van der Waals surface area (Å²) in [5.41, 5.74) is 0. The molecule has 0 spiro atoms. The minimum Gasteiger partial charge on any atom is -0.215 e. The van der Waals surface area contributed by atoms with Gasteiger partial charge in [0.1, 0.15) is 4.75 Å². The molecular formula is C3H3F6NO2S. The third-order valence-corrected chi connectivity index (χ3v) is 2.74. The fourth-order valence-electron chi connectivity index (χ4n) is 0.276. The van der Waals surface area contributed by atoms with E-state index in [2.05, 4.69) is 0 Å². The zero-order valence-electron chi connectivity index (χ0n) is 5.94. The third-order valence-electron chi connectivity index (χ3n) is 1.17. The number of alkyl halides is 4. The van der Waals surface area contributed by atoms with Crippen LogP contribution in [0.1, 0.15) is 6.92 Å². The van der Waals surface area contributed by atoms with Gasteiger partial charge in [-0.3, -0.25) is 0 Å². The van der Waals surface area contributed by atoms with E-state index in [0.717, 1.165) is 0 Å². The van der Waals surface area contributed by atoms with Crippen molar-refractivity contribution in [2.75, 3.05) is 0 Å². The molecular weight excluding hydrogens is 228 g/mol. The van der Waals surface area contributed by atoms with Crippen LogP contribution in [0.25, 0.3) is 0 Å². The summed E-state index contributed by atoms with van der Waals surface area (Å²) in [6.45, 7) is -0.505. The van der Waals surface area contributed by atoms with Crippen LogP contribution in [-0.4, -0.2) is 24.3 Å². The van der Waals surface area contributed by atoms with E-state index in [1.165, 1.54) is 0 Å². The summed E-state index contributed by atoms with van der Waals surface area (Å²) < 4.78 is 87.2. The number of halogens is 6. The Morgan fingerprint density at radius 3 is 1.46 bits per heavy atom. The molecule has 3 nitrogen and oxygen atoms in total. The molecule has 13 heavy (non-hydrogen) atoms. The van der Waals surface area contributed by atoms with E-state index in [-0.39, 0.29) is 0 Å². The van der Waals surface area contributed by atoms with Gasteiger partial charge in [-0.15, -0.1) is 0 Å². The first-order valence-electron chi connectivity index (χ1n) is 2.56. The fraction of sp³-hybridized carbons (Fsp3) is 1.00. The van der Waals surface area contributed by atoms with Gasteiger partial charge >= 0.3 is 21.2 Å². The Kier molecular flexibility index (Phi) is 2.89. The third kappa shape index (κ3) is 1.88. The van der Waals surface area contributed by atoms with E-state index in [9.17, 15) is 34.9 Å². The zero-order valence-corrected chi connectivity index (χ0v) is 6.76. The van der Waals surface area contributed by atoms with Gasteiger partial charge in [-0.1, -0.05) is 8.96 Å². The van der Waals surface area contributed by atoms with Crippen LogP contribution in [0, 0.1) is 0 Å². The summed E-state index contributed by atoms with van der Waals surface area (Å²) in [5, 5.41) is -5.00. The predicted molar refractivity (Wildman–Crippen MR) is 28.5 cm³/mol. The molecule has 0 aliphatic rings. The number of hydrogen-bond donors (Lipinski definition) is 0. The summed E-state index contributed by atoms with van der Waals surface area (Å²) in [7, 11) is -6.33. The molecule has 0 aliphatic carbocycles. The van der Waals surface area contributed by atoms with E-state index < -0.39 is 32.9 Å². The lowest BCUT2D eigenvalue weighted by Gasteiger charge is -2.22. The summed E-state index contributed by atoms with van der Waals surface area (Å²) in [4.78, 5) is 0. The Labute approximate surface area is 68.9 Å². The first-order valence-corrected chi connectivity index (χ1v) is 4.00. The van der Waals surface area contributed by atoms with E-state index in [1.54, 1.807) is 0 Å². The summed E-state index contributed by atoms with van der Waals surface area (Å²) >= 11 is 0. The first-order chi connectivity index (χ1) is 5.44. The topological polar surface area (TPSA) is 37.4 Å². The molecule has 0 saturated carbocycles. The Morgan fingerprint density at radius 1 is 1.08 bits per heavy atom. The van der Waals surface area contributed by atoms with Gasteiger partial charge < -0.3 is 0 Å². The molecule has 0 saturated heterocycles. The lowest BCUT2D eigenvalue weighted by atomic mass is 10.4. The molecule has 0 bridgehead atoms. The minimum absolute atomic E-state index is 0.505. The standard InChI is InChI=1S/C3H3F6NO2S/c1-2(4,3(5,6)7)13(11,12)10(8)9/h1H3. The van der Waals surface area contributed by atoms with Gasteiger partial charge in [0.2, 0.25) is 0 Å². The molecule has 0 aromatic heterocycles. The molecule has 10 heteroatoms. The van der Waals surface area contributed by atoms with Crippen molar-refractivity contribution in [2.24, 2.45) is 0 Å². The monoisotopic (exact) mass is 231 g/mol.